The number of hydrogen-bond acceptors (Lipinski definition) is 6. The van der Waals surface area contributed by atoms with Gasteiger partial charge in [0.1, 0.15) is 0 Å². The quantitative estimate of drug-likeness (QED) is 0.735. The molecule has 0 saturated carbocycles. The molecule has 136 valence electrons. The highest BCUT2D eigenvalue weighted by molar-refractivity contribution is 7.99. The Labute approximate surface area is 144 Å². The highest BCUT2D eigenvalue weighted by Crippen LogP contribution is 2.29. The lowest BCUT2D eigenvalue weighted by Gasteiger charge is -2.07. The fourth-order valence-corrected chi connectivity index (χ4v) is 2.97. The first kappa shape index (κ1) is 19.2. The van der Waals surface area contributed by atoms with Crippen LogP contribution in [-0.4, -0.2) is 34.8 Å². The van der Waals surface area contributed by atoms with Crippen molar-refractivity contribution < 1.29 is 26.4 Å². The number of nitrogens with one attached hydrogen (secondary N) is 1. The number of anilines is 1. The summed E-state index contributed by atoms with van der Waals surface area (Å²) >= 11 is 0.780. The molecule has 8 nitrogen and oxygen atoms in total. The number of nitrogens with two attached hydrogens (primary N) is 1. The molecule has 0 atom stereocenters. The molecule has 2 rings (SSSR count). The third-order valence-corrected chi connectivity index (χ3v) is 4.84. The molecule has 13 heteroatoms. The normalized spacial score (nSPS) is 12.2. The Kier molecular flexibility index (Phi) is 5.39. The first-order valence-corrected chi connectivity index (χ1v) is 9.04. The van der Waals surface area contributed by atoms with Gasteiger partial charge in [0, 0.05) is 12.7 Å². The minimum atomic E-state index is -4.63. The van der Waals surface area contributed by atoms with E-state index in [9.17, 15) is 26.4 Å². The van der Waals surface area contributed by atoms with Gasteiger partial charge < -0.3 is 9.88 Å². The summed E-state index contributed by atoms with van der Waals surface area (Å²) in [6.45, 7) is 0. The molecule has 1 heterocycles. The predicted octanol–water partition coefficient (Wildman–Crippen LogP) is 1.21. The Morgan fingerprint density at radius 1 is 1.28 bits per heavy atom. The van der Waals surface area contributed by atoms with E-state index in [1.54, 1.807) is 0 Å². The number of thioether (sulfide) groups is 1. The molecule has 0 aliphatic carbocycles. The van der Waals surface area contributed by atoms with Gasteiger partial charge in [0.05, 0.1) is 10.6 Å². The number of carbonyl (C=O) groups is 1. The van der Waals surface area contributed by atoms with Crippen molar-refractivity contribution in [2.75, 3.05) is 11.1 Å². The molecule has 0 saturated heterocycles. The number of primary sulfonamides is 1. The van der Waals surface area contributed by atoms with Crippen LogP contribution >= 0.6 is 11.8 Å². The van der Waals surface area contributed by atoms with Crippen molar-refractivity contribution in [3.63, 3.8) is 0 Å². The summed E-state index contributed by atoms with van der Waals surface area (Å²) in [5.41, 5.74) is 0.312. The number of benzene rings is 1. The standard InChI is InChI=1S/C12H12F3N5O3S2/c1-20-10(12(13,14)15)18-19-11(20)24-6-9(21)17-7-2-4-8(5-3-7)25(16,22)23/h2-5H,6H2,1H3,(H,17,21)(H2,16,22,23). The maximum Gasteiger partial charge on any atom is 0.451 e. The lowest BCUT2D eigenvalue weighted by Crippen LogP contribution is -2.16. The topological polar surface area (TPSA) is 120 Å². The average molecular weight is 395 g/mol. The summed E-state index contributed by atoms with van der Waals surface area (Å²) < 4.78 is 60.8. The number of rotatable bonds is 5. The highest BCUT2D eigenvalue weighted by atomic mass is 32.2. The van der Waals surface area contributed by atoms with Gasteiger partial charge in [-0.3, -0.25) is 4.79 Å². The SMILES string of the molecule is Cn1c(SCC(=O)Nc2ccc(S(N)(=O)=O)cc2)nnc1C(F)(F)F. The Hall–Kier alpha value is -2.12. The molecule has 0 unspecified atom stereocenters. The molecule has 0 fully saturated rings. The molecule has 0 aliphatic heterocycles. The minimum absolute atomic E-state index is 0.0629. The maximum absolute atomic E-state index is 12.6. The molecule has 0 bridgehead atoms. The third kappa shape index (κ3) is 4.93. The number of hydrogen-bond donors (Lipinski definition) is 2. The van der Waals surface area contributed by atoms with Gasteiger partial charge in [-0.25, -0.2) is 13.6 Å². The molecular formula is C12H12F3N5O3S2. The van der Waals surface area contributed by atoms with Gasteiger partial charge in [0.2, 0.25) is 21.8 Å². The van der Waals surface area contributed by atoms with Gasteiger partial charge in [0.15, 0.2) is 5.16 Å². The van der Waals surface area contributed by atoms with Gasteiger partial charge in [-0.15, -0.1) is 10.2 Å². The summed E-state index contributed by atoms with van der Waals surface area (Å²) in [5, 5.41) is 13.8. The van der Waals surface area contributed by atoms with Gasteiger partial charge in [-0.1, -0.05) is 11.8 Å². The monoisotopic (exact) mass is 395 g/mol. The zero-order valence-electron chi connectivity index (χ0n) is 12.6. The summed E-state index contributed by atoms with van der Waals surface area (Å²) in [7, 11) is -2.69. The Morgan fingerprint density at radius 2 is 1.88 bits per heavy atom. The van der Waals surface area contributed by atoms with E-state index < -0.39 is 27.9 Å². The molecule has 25 heavy (non-hydrogen) atoms. The van der Waals surface area contributed by atoms with Gasteiger partial charge in [0.25, 0.3) is 0 Å². The van der Waals surface area contributed by atoms with Crippen LogP contribution < -0.4 is 10.5 Å². The van der Waals surface area contributed by atoms with Crippen molar-refractivity contribution in [3.05, 3.63) is 30.1 Å². The molecule has 1 aromatic heterocycles. The third-order valence-electron chi connectivity index (χ3n) is 2.89. The van der Waals surface area contributed by atoms with Crippen LogP contribution in [0.2, 0.25) is 0 Å². The van der Waals surface area contributed by atoms with Crippen molar-refractivity contribution >= 4 is 33.4 Å². The molecule has 0 aliphatic rings. The number of carbonyl (C=O) groups excluding carboxylic acids is 1. The second-order valence-corrected chi connectivity index (χ2v) is 7.27. The number of sulfonamides is 1. The number of halogens is 3. The molecule has 2 aromatic rings. The van der Waals surface area contributed by atoms with E-state index in [1.165, 1.54) is 24.3 Å². The zero-order valence-corrected chi connectivity index (χ0v) is 14.2. The molecule has 1 amide bonds. The van der Waals surface area contributed by atoms with Gasteiger partial charge in [-0.2, -0.15) is 13.2 Å². The molecule has 0 spiro atoms. The average Bonchev–Trinajstić information content (AvgIpc) is 2.86. The molecular weight excluding hydrogens is 383 g/mol. The second-order valence-electron chi connectivity index (χ2n) is 4.77. The Bertz CT molecular complexity index is 878. The lowest BCUT2D eigenvalue weighted by atomic mass is 10.3. The van der Waals surface area contributed by atoms with Gasteiger partial charge in [-0.05, 0) is 24.3 Å². The van der Waals surface area contributed by atoms with E-state index >= 15 is 0 Å². The predicted molar refractivity (Wildman–Crippen MR) is 83.2 cm³/mol. The fourth-order valence-electron chi connectivity index (χ4n) is 1.74. The highest BCUT2D eigenvalue weighted by Gasteiger charge is 2.37. The van der Waals surface area contributed by atoms with Crippen molar-refractivity contribution in [1.29, 1.82) is 0 Å². The first-order valence-electron chi connectivity index (χ1n) is 6.50. The van der Waals surface area contributed by atoms with Crippen LogP contribution in [-0.2, 0) is 28.0 Å². The lowest BCUT2D eigenvalue weighted by molar-refractivity contribution is -0.147. The van der Waals surface area contributed by atoms with Crippen LogP contribution in [0.15, 0.2) is 34.3 Å². The Balaban J connectivity index is 1.96. The van der Waals surface area contributed by atoms with Crippen LogP contribution in [0.3, 0.4) is 0 Å². The summed E-state index contributed by atoms with van der Waals surface area (Å²) in [5.74, 6) is -1.88. The van der Waals surface area contributed by atoms with Crippen LogP contribution in [0.5, 0.6) is 0 Å². The minimum Gasteiger partial charge on any atom is -0.325 e. The second kappa shape index (κ2) is 7.01. The van der Waals surface area contributed by atoms with E-state index in [0.29, 0.717) is 5.69 Å². The summed E-state index contributed by atoms with van der Waals surface area (Å²) in [6.07, 6.45) is -4.63. The van der Waals surface area contributed by atoms with Crippen LogP contribution in [0.4, 0.5) is 18.9 Å². The number of alkyl halides is 3. The fraction of sp³-hybridized carbons (Fsp3) is 0.250. The van der Waals surface area contributed by atoms with Crippen LogP contribution in [0.1, 0.15) is 5.82 Å². The van der Waals surface area contributed by atoms with Crippen molar-refractivity contribution in [3.8, 4) is 0 Å². The first-order chi connectivity index (χ1) is 11.5. The zero-order chi connectivity index (χ0) is 18.8. The molecule has 3 N–H and O–H groups in total. The van der Waals surface area contributed by atoms with E-state index in [4.69, 9.17) is 5.14 Å². The number of aromatic nitrogens is 3. The van der Waals surface area contributed by atoms with Crippen molar-refractivity contribution in [1.82, 2.24) is 14.8 Å². The smallest absolute Gasteiger partial charge is 0.325 e. The van der Waals surface area contributed by atoms with Crippen LogP contribution in [0, 0.1) is 0 Å². The van der Waals surface area contributed by atoms with E-state index in [2.05, 4.69) is 15.5 Å². The summed E-state index contributed by atoms with van der Waals surface area (Å²) in [4.78, 5) is 11.7. The van der Waals surface area contributed by atoms with Crippen molar-refractivity contribution in [2.24, 2.45) is 12.2 Å². The number of nitrogens with zero attached hydrogens (tertiary/aromatic N) is 3. The molecule has 0 radical (unpaired) electrons. The van der Waals surface area contributed by atoms with E-state index in [-0.39, 0.29) is 15.8 Å². The Morgan fingerprint density at radius 3 is 2.36 bits per heavy atom. The van der Waals surface area contributed by atoms with Crippen LogP contribution in [0.25, 0.3) is 0 Å². The number of amides is 1. The van der Waals surface area contributed by atoms with Gasteiger partial charge >= 0.3 is 6.18 Å². The maximum atomic E-state index is 12.6. The van der Waals surface area contributed by atoms with Crippen molar-refractivity contribution in [2.45, 2.75) is 16.2 Å². The largest absolute Gasteiger partial charge is 0.451 e. The van der Waals surface area contributed by atoms with E-state index in [0.717, 1.165) is 23.4 Å². The molecule has 1 aromatic carbocycles. The summed E-state index contributed by atoms with van der Waals surface area (Å²) in [6, 6.07) is 5.12. The van der Waals surface area contributed by atoms with E-state index in [1.807, 2.05) is 0 Å².